The molecule has 0 unspecified atom stereocenters. The molecule has 4 aromatic carbocycles. The summed E-state index contributed by atoms with van der Waals surface area (Å²) in [5.74, 6) is 0. The van der Waals surface area contributed by atoms with E-state index in [1.54, 1.807) is 12.1 Å². The molecule has 0 saturated heterocycles. The minimum atomic E-state index is -3.64. The quantitative estimate of drug-likeness (QED) is 0.143. The number of rotatable bonds is 10. The Labute approximate surface area is 290 Å². The van der Waals surface area contributed by atoms with Crippen molar-refractivity contribution in [2.24, 2.45) is 0 Å². The maximum Gasteiger partial charge on any atom is 0.407 e. The number of fused-ring (bicyclic) bond motifs is 3. The van der Waals surface area contributed by atoms with Gasteiger partial charge in [-0.05, 0) is 125 Å². The Kier molecular flexibility index (Phi) is 10.5. The fourth-order valence-corrected chi connectivity index (χ4v) is 7.48. The average Bonchev–Trinajstić information content (AvgIpc) is 3.25. The number of nitrogens with one attached hydrogen (secondary N) is 2. The minimum Gasteiger partial charge on any atom is -0.444 e. The van der Waals surface area contributed by atoms with Gasteiger partial charge in [0.1, 0.15) is 11.2 Å². The van der Waals surface area contributed by atoms with Crippen LogP contribution < -0.4 is 10.6 Å². The maximum atomic E-state index is 13.5. The van der Waals surface area contributed by atoms with Gasteiger partial charge in [0.15, 0.2) is 0 Å². The molecule has 2 amide bonds. The molecule has 0 spiro atoms. The third-order valence-corrected chi connectivity index (χ3v) is 9.84. The molecule has 0 aliphatic carbocycles. The molecule has 49 heavy (non-hydrogen) atoms. The van der Waals surface area contributed by atoms with Gasteiger partial charge in [0, 0.05) is 24.2 Å². The molecule has 4 aromatic rings. The zero-order valence-electron chi connectivity index (χ0n) is 29.2. The molecule has 0 radical (unpaired) electrons. The monoisotopic (exact) mass is 682 g/mol. The summed E-state index contributed by atoms with van der Waals surface area (Å²) in [6.07, 6.45) is 2.21. The maximum absolute atomic E-state index is 13.5. The van der Waals surface area contributed by atoms with Crippen molar-refractivity contribution in [1.82, 2.24) is 10.6 Å². The van der Waals surface area contributed by atoms with Gasteiger partial charge in [-0.1, -0.05) is 60.7 Å². The molecule has 0 bridgehead atoms. The van der Waals surface area contributed by atoms with Crippen LogP contribution in [0.4, 0.5) is 9.59 Å². The molecule has 2 N–H and O–H groups in total. The van der Waals surface area contributed by atoms with Crippen molar-refractivity contribution in [3.63, 3.8) is 0 Å². The zero-order valence-corrected chi connectivity index (χ0v) is 30.0. The standard InChI is InChI=1S/C40H46N2O6S/c1-39(2,3)47-37(43)41-21-9-13-27-11-7-15-29(23-27)31-17-19-35-33(25-31)34-26-32(18-20-36(34)49(35,45)46)30-16-8-12-28(24-30)14-10-22-42-38(44)48-40(4,5)6/h7-8,11-12,15-20,23-26H,9-10,13-14,21-22H2,1-6H3,(H,41,43)(H,42,44). The number of hydrogen-bond acceptors (Lipinski definition) is 6. The van der Waals surface area contributed by atoms with Gasteiger partial charge in [-0.2, -0.15) is 0 Å². The van der Waals surface area contributed by atoms with Gasteiger partial charge in [0.05, 0.1) is 9.79 Å². The van der Waals surface area contributed by atoms with E-state index in [0.717, 1.165) is 59.1 Å². The van der Waals surface area contributed by atoms with Crippen LogP contribution in [0.3, 0.4) is 0 Å². The largest absolute Gasteiger partial charge is 0.444 e. The van der Waals surface area contributed by atoms with Gasteiger partial charge in [-0.25, -0.2) is 18.0 Å². The number of sulfone groups is 1. The van der Waals surface area contributed by atoms with Crippen LogP contribution in [0.25, 0.3) is 33.4 Å². The summed E-state index contributed by atoms with van der Waals surface area (Å²) in [5, 5.41) is 5.61. The van der Waals surface area contributed by atoms with E-state index in [2.05, 4.69) is 34.9 Å². The van der Waals surface area contributed by atoms with Crippen molar-refractivity contribution in [3.8, 4) is 33.4 Å². The summed E-state index contributed by atoms with van der Waals surface area (Å²) < 4.78 is 37.7. The molecule has 9 heteroatoms. The van der Waals surface area contributed by atoms with Crippen LogP contribution in [0.1, 0.15) is 65.5 Å². The summed E-state index contributed by atoms with van der Waals surface area (Å²) in [7, 11) is -3.64. The van der Waals surface area contributed by atoms with Crippen molar-refractivity contribution in [2.45, 2.75) is 88.2 Å². The van der Waals surface area contributed by atoms with Gasteiger partial charge in [-0.3, -0.25) is 0 Å². The summed E-state index contributed by atoms with van der Waals surface area (Å²) >= 11 is 0. The van der Waals surface area contributed by atoms with Crippen LogP contribution in [-0.2, 0) is 32.2 Å². The van der Waals surface area contributed by atoms with E-state index in [1.807, 2.05) is 90.1 Å². The highest BCUT2D eigenvalue weighted by Gasteiger charge is 2.33. The van der Waals surface area contributed by atoms with E-state index in [9.17, 15) is 18.0 Å². The number of hydrogen-bond donors (Lipinski definition) is 2. The lowest BCUT2D eigenvalue weighted by Crippen LogP contribution is -2.33. The molecule has 0 saturated carbocycles. The van der Waals surface area contributed by atoms with Crippen molar-refractivity contribution in [1.29, 1.82) is 0 Å². The first kappa shape index (κ1) is 35.7. The van der Waals surface area contributed by atoms with E-state index in [-0.39, 0.29) is 0 Å². The lowest BCUT2D eigenvalue weighted by Gasteiger charge is -2.19. The van der Waals surface area contributed by atoms with Gasteiger partial charge in [-0.15, -0.1) is 0 Å². The molecule has 1 aliphatic rings. The van der Waals surface area contributed by atoms with Crippen LogP contribution >= 0.6 is 0 Å². The highest BCUT2D eigenvalue weighted by molar-refractivity contribution is 7.92. The van der Waals surface area contributed by atoms with Crippen molar-refractivity contribution >= 4 is 22.0 Å². The Hall–Kier alpha value is -4.63. The number of alkyl carbamates (subject to hydrolysis) is 2. The number of carbonyl (C=O) groups is 2. The fraction of sp³-hybridized carbons (Fsp3) is 0.350. The van der Waals surface area contributed by atoms with Crippen LogP contribution in [0.15, 0.2) is 94.7 Å². The summed E-state index contributed by atoms with van der Waals surface area (Å²) in [4.78, 5) is 24.6. The highest BCUT2D eigenvalue weighted by Crippen LogP contribution is 2.46. The van der Waals surface area contributed by atoms with Gasteiger partial charge in [0.2, 0.25) is 9.84 Å². The number of aryl methyl sites for hydroxylation is 2. The first-order valence-corrected chi connectivity index (χ1v) is 18.2. The molecule has 1 aliphatic heterocycles. The van der Waals surface area contributed by atoms with Crippen molar-refractivity contribution < 1.29 is 27.5 Å². The Morgan fingerprint density at radius 2 is 0.959 bits per heavy atom. The van der Waals surface area contributed by atoms with E-state index in [0.29, 0.717) is 34.0 Å². The SMILES string of the molecule is CC(C)(C)OC(=O)NCCCc1cccc(-c2ccc3c(c2)-c2cc(-c4cccc(CCCNC(=O)OC(C)(C)C)c4)ccc2S3(=O)=O)c1. The number of ether oxygens (including phenoxy) is 2. The second-order valence-corrected chi connectivity index (χ2v) is 16.3. The molecule has 0 aromatic heterocycles. The molecule has 1 heterocycles. The highest BCUT2D eigenvalue weighted by atomic mass is 32.2. The molecule has 0 fully saturated rings. The topological polar surface area (TPSA) is 111 Å². The third-order valence-electron chi connectivity index (χ3n) is 7.97. The smallest absolute Gasteiger partial charge is 0.407 e. The predicted molar refractivity (Wildman–Crippen MR) is 193 cm³/mol. The van der Waals surface area contributed by atoms with E-state index in [4.69, 9.17) is 9.47 Å². The van der Waals surface area contributed by atoms with Crippen molar-refractivity contribution in [2.75, 3.05) is 13.1 Å². The normalized spacial score (nSPS) is 13.3. The average molecular weight is 683 g/mol. The summed E-state index contributed by atoms with van der Waals surface area (Å²) in [6.45, 7) is 12.0. The Morgan fingerprint density at radius 3 is 1.35 bits per heavy atom. The van der Waals surface area contributed by atoms with Gasteiger partial charge >= 0.3 is 12.2 Å². The first-order valence-electron chi connectivity index (χ1n) is 16.7. The van der Waals surface area contributed by atoms with Gasteiger partial charge < -0.3 is 20.1 Å². The molecular formula is C40H46N2O6S. The number of benzene rings is 4. The molecular weight excluding hydrogens is 637 g/mol. The zero-order chi connectivity index (χ0) is 35.4. The second kappa shape index (κ2) is 14.5. The van der Waals surface area contributed by atoms with E-state index >= 15 is 0 Å². The number of carbonyl (C=O) groups excluding carboxylic acids is 2. The molecule has 258 valence electrons. The molecule has 5 rings (SSSR count). The molecule has 0 atom stereocenters. The van der Waals surface area contributed by atoms with E-state index < -0.39 is 33.2 Å². The Balaban J connectivity index is 1.30. The van der Waals surface area contributed by atoms with Crippen LogP contribution in [0.5, 0.6) is 0 Å². The molecule has 8 nitrogen and oxygen atoms in total. The second-order valence-electron chi connectivity index (χ2n) is 14.4. The van der Waals surface area contributed by atoms with Crippen LogP contribution in [0, 0.1) is 0 Å². The minimum absolute atomic E-state index is 0.319. The van der Waals surface area contributed by atoms with Crippen molar-refractivity contribution in [3.05, 3.63) is 96.1 Å². The van der Waals surface area contributed by atoms with Crippen LogP contribution in [0.2, 0.25) is 0 Å². The lowest BCUT2D eigenvalue weighted by molar-refractivity contribution is 0.0515. The Bertz CT molecular complexity index is 1820. The third kappa shape index (κ3) is 9.29. The summed E-state index contributed by atoms with van der Waals surface area (Å²) in [6, 6.07) is 27.5. The predicted octanol–water partition coefficient (Wildman–Crippen LogP) is 8.75. The Morgan fingerprint density at radius 1 is 0.571 bits per heavy atom. The lowest BCUT2D eigenvalue weighted by atomic mass is 9.94. The fourth-order valence-electron chi connectivity index (χ4n) is 5.83. The first-order chi connectivity index (χ1) is 23.1. The van der Waals surface area contributed by atoms with Crippen LogP contribution in [-0.4, -0.2) is 44.9 Å². The summed E-state index contributed by atoms with van der Waals surface area (Å²) in [5.41, 5.74) is 6.44. The number of amides is 2. The van der Waals surface area contributed by atoms with Gasteiger partial charge in [0.25, 0.3) is 0 Å². The van der Waals surface area contributed by atoms with E-state index in [1.165, 1.54) is 0 Å².